The van der Waals surface area contributed by atoms with Gasteiger partial charge in [0.2, 0.25) is 5.91 Å². The molecule has 18 heavy (non-hydrogen) atoms. The highest BCUT2D eigenvalue weighted by molar-refractivity contribution is 6.00. The van der Waals surface area contributed by atoms with E-state index >= 15 is 0 Å². The molecule has 1 aliphatic heterocycles. The third kappa shape index (κ3) is 2.20. The molecular weight excluding hydrogens is 245 g/mol. The predicted molar refractivity (Wildman–Crippen MR) is 61.3 cm³/mol. The van der Waals surface area contributed by atoms with Crippen LogP contribution in [0.2, 0.25) is 0 Å². The standard InChI is InChI=1S/C12H13F3N2O/c1-16-9-6-7-17(11(9)18)10-5-3-2-4-8(10)12(13,14)15/h2-5,9,16H,6-7H2,1H3. The molecule has 0 aromatic heterocycles. The van der Waals surface area contributed by atoms with Gasteiger partial charge in [-0.15, -0.1) is 0 Å². The summed E-state index contributed by atoms with van der Waals surface area (Å²) in [6.45, 7) is 0.303. The van der Waals surface area contributed by atoms with Gasteiger partial charge in [-0.05, 0) is 25.6 Å². The lowest BCUT2D eigenvalue weighted by atomic mass is 10.1. The maximum Gasteiger partial charge on any atom is 0.418 e. The number of carbonyl (C=O) groups is 1. The largest absolute Gasteiger partial charge is 0.418 e. The fourth-order valence-corrected chi connectivity index (χ4v) is 2.14. The zero-order valence-electron chi connectivity index (χ0n) is 9.79. The second kappa shape index (κ2) is 4.61. The third-order valence-electron chi connectivity index (χ3n) is 3.05. The summed E-state index contributed by atoms with van der Waals surface area (Å²) in [6, 6.07) is 4.76. The van der Waals surface area contributed by atoms with E-state index in [1.807, 2.05) is 0 Å². The number of hydrogen-bond acceptors (Lipinski definition) is 2. The number of para-hydroxylation sites is 1. The number of likely N-dealkylation sites (N-methyl/N-ethyl adjacent to an activating group) is 1. The van der Waals surface area contributed by atoms with Crippen molar-refractivity contribution in [2.45, 2.75) is 18.6 Å². The minimum absolute atomic E-state index is 0.0623. The van der Waals surface area contributed by atoms with Crippen molar-refractivity contribution in [3.05, 3.63) is 29.8 Å². The van der Waals surface area contributed by atoms with Gasteiger partial charge in [0.05, 0.1) is 17.3 Å². The molecule has 1 unspecified atom stereocenters. The van der Waals surface area contributed by atoms with Gasteiger partial charge in [0, 0.05) is 6.54 Å². The molecule has 98 valence electrons. The second-order valence-electron chi connectivity index (χ2n) is 4.13. The van der Waals surface area contributed by atoms with Gasteiger partial charge in [-0.3, -0.25) is 4.79 Å². The Labute approximate surface area is 103 Å². The minimum atomic E-state index is -4.45. The lowest BCUT2D eigenvalue weighted by Crippen LogP contribution is -2.37. The van der Waals surface area contributed by atoms with Gasteiger partial charge >= 0.3 is 6.18 Å². The molecule has 1 aromatic rings. The summed E-state index contributed by atoms with van der Waals surface area (Å²) >= 11 is 0. The Bertz CT molecular complexity index is 459. The van der Waals surface area contributed by atoms with Crippen LogP contribution in [-0.4, -0.2) is 25.5 Å². The van der Waals surface area contributed by atoms with Crippen LogP contribution >= 0.6 is 0 Å². The monoisotopic (exact) mass is 258 g/mol. The normalized spacial score (nSPS) is 20.6. The smallest absolute Gasteiger partial charge is 0.310 e. The Morgan fingerprint density at radius 1 is 1.33 bits per heavy atom. The van der Waals surface area contributed by atoms with Crippen molar-refractivity contribution in [1.82, 2.24) is 5.32 Å². The Kier molecular flexibility index (Phi) is 3.30. The summed E-state index contributed by atoms with van der Waals surface area (Å²) < 4.78 is 38.6. The average Bonchev–Trinajstić information content (AvgIpc) is 2.69. The molecule has 0 radical (unpaired) electrons. The fraction of sp³-hybridized carbons (Fsp3) is 0.417. The molecule has 1 atom stereocenters. The van der Waals surface area contributed by atoms with Crippen molar-refractivity contribution in [1.29, 1.82) is 0 Å². The van der Waals surface area contributed by atoms with E-state index in [1.165, 1.54) is 23.1 Å². The first-order valence-corrected chi connectivity index (χ1v) is 5.60. The number of hydrogen-bond donors (Lipinski definition) is 1. The average molecular weight is 258 g/mol. The molecule has 0 aliphatic carbocycles. The molecule has 6 heteroatoms. The van der Waals surface area contributed by atoms with Gasteiger partial charge in [0.25, 0.3) is 0 Å². The Hall–Kier alpha value is -1.56. The van der Waals surface area contributed by atoms with Crippen LogP contribution in [0.3, 0.4) is 0 Å². The van der Waals surface area contributed by atoms with Crippen molar-refractivity contribution in [2.24, 2.45) is 0 Å². The van der Waals surface area contributed by atoms with Gasteiger partial charge in [0.1, 0.15) is 0 Å². The molecule has 2 rings (SSSR count). The first-order chi connectivity index (χ1) is 8.45. The van der Waals surface area contributed by atoms with Crippen LogP contribution in [0, 0.1) is 0 Å². The summed E-state index contributed by atoms with van der Waals surface area (Å²) in [4.78, 5) is 13.1. The van der Waals surface area contributed by atoms with E-state index in [0.29, 0.717) is 13.0 Å². The molecule has 0 bridgehead atoms. The summed E-state index contributed by atoms with van der Waals surface area (Å²) in [5.41, 5.74) is -0.831. The summed E-state index contributed by atoms with van der Waals surface area (Å²) in [7, 11) is 1.63. The number of nitrogens with zero attached hydrogens (tertiary/aromatic N) is 1. The highest BCUT2D eigenvalue weighted by atomic mass is 19.4. The van der Waals surface area contributed by atoms with Crippen LogP contribution in [0.4, 0.5) is 18.9 Å². The van der Waals surface area contributed by atoms with Crippen molar-refractivity contribution in [3.8, 4) is 0 Å². The highest BCUT2D eigenvalue weighted by Crippen LogP contribution is 2.37. The molecule has 1 fully saturated rings. The SMILES string of the molecule is CNC1CCN(c2ccccc2C(F)(F)F)C1=O. The number of anilines is 1. The van der Waals surface area contributed by atoms with Crippen molar-refractivity contribution >= 4 is 11.6 Å². The number of nitrogens with one attached hydrogen (secondary N) is 1. The number of carbonyl (C=O) groups excluding carboxylic acids is 1. The molecule has 1 heterocycles. The zero-order chi connectivity index (χ0) is 13.3. The lowest BCUT2D eigenvalue weighted by molar-refractivity contribution is -0.137. The van der Waals surface area contributed by atoms with E-state index in [4.69, 9.17) is 0 Å². The molecule has 0 spiro atoms. The van der Waals surface area contributed by atoms with Gasteiger partial charge in [-0.2, -0.15) is 13.2 Å². The predicted octanol–water partition coefficient (Wildman–Crippen LogP) is 2.03. The maximum atomic E-state index is 12.9. The number of benzene rings is 1. The van der Waals surface area contributed by atoms with Crippen molar-refractivity contribution < 1.29 is 18.0 Å². The first kappa shape index (κ1) is 12.9. The summed E-state index contributed by atoms with van der Waals surface area (Å²) in [5.74, 6) is -0.311. The first-order valence-electron chi connectivity index (χ1n) is 5.60. The molecule has 3 nitrogen and oxygen atoms in total. The van der Waals surface area contributed by atoms with Crippen LogP contribution in [0.15, 0.2) is 24.3 Å². The fourth-order valence-electron chi connectivity index (χ4n) is 2.14. The molecule has 1 aromatic carbocycles. The van der Waals surface area contributed by atoms with Crippen molar-refractivity contribution in [3.63, 3.8) is 0 Å². The molecule has 1 N–H and O–H groups in total. The van der Waals surface area contributed by atoms with E-state index in [-0.39, 0.29) is 11.6 Å². The molecular formula is C12H13F3N2O. The lowest BCUT2D eigenvalue weighted by Gasteiger charge is -2.21. The number of alkyl halides is 3. The van der Waals surface area contributed by atoms with Gasteiger partial charge in [0.15, 0.2) is 0 Å². The highest BCUT2D eigenvalue weighted by Gasteiger charge is 2.39. The second-order valence-corrected chi connectivity index (χ2v) is 4.13. The Balaban J connectivity index is 2.38. The van der Waals surface area contributed by atoms with Crippen molar-refractivity contribution in [2.75, 3.05) is 18.5 Å². The van der Waals surface area contributed by atoms with Gasteiger partial charge in [-0.1, -0.05) is 12.1 Å². The summed E-state index contributed by atoms with van der Waals surface area (Å²) in [5, 5.41) is 2.80. The maximum absolute atomic E-state index is 12.9. The molecule has 1 aliphatic rings. The van der Waals surface area contributed by atoms with Gasteiger partial charge in [-0.25, -0.2) is 0 Å². The Morgan fingerprint density at radius 3 is 2.56 bits per heavy atom. The van der Waals surface area contributed by atoms with E-state index in [1.54, 1.807) is 7.05 Å². The third-order valence-corrected chi connectivity index (χ3v) is 3.05. The number of amides is 1. The van der Waals surface area contributed by atoms with E-state index in [2.05, 4.69) is 5.32 Å². The molecule has 1 amide bonds. The van der Waals surface area contributed by atoms with Crippen LogP contribution in [-0.2, 0) is 11.0 Å². The number of halogens is 3. The van der Waals surface area contributed by atoms with E-state index in [9.17, 15) is 18.0 Å². The quantitative estimate of drug-likeness (QED) is 0.880. The minimum Gasteiger partial charge on any atom is -0.310 e. The summed E-state index contributed by atoms with van der Waals surface area (Å²) in [6.07, 6.45) is -3.93. The Morgan fingerprint density at radius 2 is 2.00 bits per heavy atom. The van der Waals surface area contributed by atoms with Crippen LogP contribution in [0.5, 0.6) is 0 Å². The zero-order valence-corrected chi connectivity index (χ0v) is 9.79. The van der Waals surface area contributed by atoms with E-state index in [0.717, 1.165) is 6.07 Å². The van der Waals surface area contributed by atoms with Crippen LogP contribution in [0.1, 0.15) is 12.0 Å². The number of rotatable bonds is 2. The van der Waals surface area contributed by atoms with Gasteiger partial charge < -0.3 is 10.2 Å². The van der Waals surface area contributed by atoms with Crippen LogP contribution < -0.4 is 10.2 Å². The van der Waals surface area contributed by atoms with Crippen LogP contribution in [0.25, 0.3) is 0 Å². The topological polar surface area (TPSA) is 32.3 Å². The molecule has 1 saturated heterocycles. The molecule has 0 saturated carbocycles. The van der Waals surface area contributed by atoms with E-state index < -0.39 is 17.8 Å².